The zero-order chi connectivity index (χ0) is 15.8. The third-order valence-corrected chi connectivity index (χ3v) is 4.56. The summed E-state index contributed by atoms with van der Waals surface area (Å²) in [4.78, 5) is 14.6. The summed E-state index contributed by atoms with van der Waals surface area (Å²) in [5.74, 6) is 0.0441. The molecule has 2 atom stereocenters. The predicted octanol–water partition coefficient (Wildman–Crippen LogP) is 1.97. The van der Waals surface area contributed by atoms with Gasteiger partial charge < -0.3 is 10.0 Å². The van der Waals surface area contributed by atoms with Gasteiger partial charge in [0.25, 0.3) is 0 Å². The van der Waals surface area contributed by atoms with Gasteiger partial charge in [0.1, 0.15) is 0 Å². The first-order valence-corrected chi connectivity index (χ1v) is 7.75. The minimum absolute atomic E-state index is 0.0704. The summed E-state index contributed by atoms with van der Waals surface area (Å²) >= 11 is 0. The van der Waals surface area contributed by atoms with Gasteiger partial charge in [0.15, 0.2) is 0 Å². The lowest BCUT2D eigenvalue weighted by Gasteiger charge is -2.35. The number of aryl methyl sites for hydroxylation is 2. The molecule has 1 fully saturated rings. The molecule has 1 aliphatic heterocycles. The van der Waals surface area contributed by atoms with Crippen molar-refractivity contribution >= 4 is 5.91 Å². The first-order chi connectivity index (χ1) is 9.71. The van der Waals surface area contributed by atoms with E-state index in [1.165, 1.54) is 0 Å². The Bertz CT molecular complexity index is 497. The molecule has 118 valence electrons. The maximum Gasteiger partial charge on any atom is 0.226 e. The molecular weight excluding hydrogens is 266 g/mol. The number of carbonyl (C=O) groups excluding carboxylic acids is 1. The Kier molecular flexibility index (Phi) is 4.42. The molecule has 0 unspecified atom stereocenters. The Balaban J connectivity index is 2.09. The van der Waals surface area contributed by atoms with Crippen LogP contribution in [0, 0.1) is 19.8 Å². The van der Waals surface area contributed by atoms with Crippen molar-refractivity contribution in [1.29, 1.82) is 0 Å². The maximum absolute atomic E-state index is 12.7. The van der Waals surface area contributed by atoms with Gasteiger partial charge in [-0.2, -0.15) is 5.10 Å². The highest BCUT2D eigenvalue weighted by Gasteiger charge is 2.39. The van der Waals surface area contributed by atoms with Crippen molar-refractivity contribution in [2.24, 2.45) is 5.92 Å². The molecule has 0 saturated carbocycles. The molecule has 0 spiro atoms. The minimum Gasteiger partial charge on any atom is -0.388 e. The summed E-state index contributed by atoms with van der Waals surface area (Å²) < 4.78 is 0. The fourth-order valence-electron chi connectivity index (χ4n) is 3.32. The Morgan fingerprint density at radius 1 is 1.52 bits per heavy atom. The smallest absolute Gasteiger partial charge is 0.226 e. The average molecular weight is 293 g/mol. The highest BCUT2D eigenvalue weighted by Crippen LogP contribution is 2.29. The molecule has 0 aliphatic carbocycles. The zero-order valence-electron chi connectivity index (χ0n) is 13.7. The van der Waals surface area contributed by atoms with E-state index in [1.807, 2.05) is 25.7 Å². The van der Waals surface area contributed by atoms with Crippen molar-refractivity contribution in [3.05, 3.63) is 17.0 Å². The molecule has 1 aromatic rings. The molecule has 1 amide bonds. The largest absolute Gasteiger partial charge is 0.388 e. The highest BCUT2D eigenvalue weighted by atomic mass is 16.3. The van der Waals surface area contributed by atoms with Crippen LogP contribution in [0.1, 0.15) is 50.6 Å². The standard InChI is InChI=1S/C16H27N3O2/c1-10(9-13-11(2)17-18-12(13)3)15(20)19-8-6-7-14(19)16(4,5)21/h10,14,21H,6-9H2,1-5H3,(H,17,18)/t10-,14-/m0/s1. The van der Waals surface area contributed by atoms with Gasteiger partial charge in [-0.15, -0.1) is 0 Å². The Hall–Kier alpha value is -1.36. The van der Waals surface area contributed by atoms with Crippen LogP contribution in [-0.4, -0.2) is 44.3 Å². The van der Waals surface area contributed by atoms with Crippen molar-refractivity contribution in [1.82, 2.24) is 15.1 Å². The van der Waals surface area contributed by atoms with E-state index in [0.29, 0.717) is 6.42 Å². The van der Waals surface area contributed by atoms with Crippen LogP contribution in [0.5, 0.6) is 0 Å². The number of nitrogens with zero attached hydrogens (tertiary/aromatic N) is 2. The second-order valence-corrected chi connectivity index (χ2v) is 6.86. The number of aromatic nitrogens is 2. The van der Waals surface area contributed by atoms with Gasteiger partial charge in [0, 0.05) is 18.2 Å². The van der Waals surface area contributed by atoms with Gasteiger partial charge in [-0.05, 0) is 52.5 Å². The number of nitrogens with one attached hydrogen (secondary N) is 1. The molecule has 1 saturated heterocycles. The van der Waals surface area contributed by atoms with Crippen LogP contribution in [0.15, 0.2) is 0 Å². The van der Waals surface area contributed by atoms with E-state index < -0.39 is 5.60 Å². The van der Waals surface area contributed by atoms with E-state index in [-0.39, 0.29) is 17.9 Å². The number of hydrogen-bond donors (Lipinski definition) is 2. The van der Waals surface area contributed by atoms with Crippen LogP contribution < -0.4 is 0 Å². The van der Waals surface area contributed by atoms with Crippen molar-refractivity contribution in [3.8, 4) is 0 Å². The van der Waals surface area contributed by atoms with E-state index in [4.69, 9.17) is 0 Å². The van der Waals surface area contributed by atoms with Crippen molar-refractivity contribution in [2.45, 2.75) is 65.5 Å². The van der Waals surface area contributed by atoms with E-state index >= 15 is 0 Å². The van der Waals surface area contributed by atoms with Crippen molar-refractivity contribution < 1.29 is 9.90 Å². The summed E-state index contributed by atoms with van der Waals surface area (Å²) in [7, 11) is 0. The Morgan fingerprint density at radius 2 is 2.19 bits per heavy atom. The van der Waals surface area contributed by atoms with Crippen LogP contribution in [0.2, 0.25) is 0 Å². The number of amides is 1. The Morgan fingerprint density at radius 3 is 2.71 bits per heavy atom. The lowest BCUT2D eigenvalue weighted by atomic mass is 9.94. The van der Waals surface area contributed by atoms with Gasteiger partial charge in [-0.25, -0.2) is 0 Å². The van der Waals surface area contributed by atoms with E-state index in [2.05, 4.69) is 10.2 Å². The fourth-order valence-corrected chi connectivity index (χ4v) is 3.32. The molecule has 2 heterocycles. The summed E-state index contributed by atoms with van der Waals surface area (Å²) in [6, 6.07) is -0.0704. The quantitative estimate of drug-likeness (QED) is 0.891. The van der Waals surface area contributed by atoms with Crippen molar-refractivity contribution in [3.63, 3.8) is 0 Å². The lowest BCUT2D eigenvalue weighted by Crippen LogP contribution is -2.49. The van der Waals surface area contributed by atoms with Crippen LogP contribution in [0.3, 0.4) is 0 Å². The summed E-state index contributed by atoms with van der Waals surface area (Å²) in [5, 5.41) is 17.4. The number of aliphatic hydroxyl groups is 1. The second kappa shape index (κ2) is 5.79. The highest BCUT2D eigenvalue weighted by molar-refractivity contribution is 5.79. The molecule has 5 heteroatoms. The molecule has 1 aliphatic rings. The number of H-pyrrole nitrogens is 1. The van der Waals surface area contributed by atoms with Crippen LogP contribution in [0.4, 0.5) is 0 Å². The number of hydrogen-bond acceptors (Lipinski definition) is 3. The summed E-state index contributed by atoms with van der Waals surface area (Å²) in [6.07, 6.45) is 2.55. The van der Waals surface area contributed by atoms with Gasteiger partial charge in [0.05, 0.1) is 17.3 Å². The second-order valence-electron chi connectivity index (χ2n) is 6.86. The van der Waals surface area contributed by atoms with Crippen LogP contribution in [0.25, 0.3) is 0 Å². The third kappa shape index (κ3) is 3.28. The average Bonchev–Trinajstić information content (AvgIpc) is 2.99. The van der Waals surface area contributed by atoms with Gasteiger partial charge in [0.2, 0.25) is 5.91 Å². The fraction of sp³-hybridized carbons (Fsp3) is 0.750. The lowest BCUT2D eigenvalue weighted by molar-refractivity contribution is -0.140. The number of rotatable bonds is 4. The van der Waals surface area contributed by atoms with Gasteiger partial charge in [-0.1, -0.05) is 6.92 Å². The van der Waals surface area contributed by atoms with E-state index in [1.54, 1.807) is 13.8 Å². The van der Waals surface area contributed by atoms with E-state index in [0.717, 1.165) is 36.3 Å². The zero-order valence-corrected chi connectivity index (χ0v) is 13.7. The topological polar surface area (TPSA) is 69.2 Å². The SMILES string of the molecule is Cc1n[nH]c(C)c1C[C@H](C)C(=O)N1CCC[C@H]1C(C)(C)O. The molecule has 21 heavy (non-hydrogen) atoms. The molecule has 0 bridgehead atoms. The number of carbonyl (C=O) groups is 1. The molecule has 2 N–H and O–H groups in total. The van der Waals surface area contributed by atoms with Crippen LogP contribution in [-0.2, 0) is 11.2 Å². The number of aromatic amines is 1. The normalized spacial score (nSPS) is 20.9. The Labute approximate surface area is 126 Å². The van der Waals surface area contributed by atoms with E-state index in [9.17, 15) is 9.90 Å². The first-order valence-electron chi connectivity index (χ1n) is 7.75. The molecule has 0 aromatic carbocycles. The van der Waals surface area contributed by atoms with Gasteiger partial charge >= 0.3 is 0 Å². The molecule has 2 rings (SSSR count). The van der Waals surface area contributed by atoms with Gasteiger partial charge in [-0.3, -0.25) is 9.89 Å². The molecule has 1 aromatic heterocycles. The van der Waals surface area contributed by atoms with Crippen LogP contribution >= 0.6 is 0 Å². The molecule has 0 radical (unpaired) electrons. The maximum atomic E-state index is 12.7. The summed E-state index contributed by atoms with van der Waals surface area (Å²) in [5.41, 5.74) is 2.29. The molecule has 5 nitrogen and oxygen atoms in total. The monoisotopic (exact) mass is 293 g/mol. The van der Waals surface area contributed by atoms with Crippen molar-refractivity contribution in [2.75, 3.05) is 6.54 Å². The summed E-state index contributed by atoms with van der Waals surface area (Å²) in [6.45, 7) is 10.2. The molecular formula is C16H27N3O2. The first kappa shape index (κ1) is 16.0. The number of likely N-dealkylation sites (tertiary alicyclic amines) is 1. The third-order valence-electron chi connectivity index (χ3n) is 4.56. The minimum atomic E-state index is -0.840. The predicted molar refractivity (Wildman–Crippen MR) is 82.0 cm³/mol.